The molecule has 1 N–H and O–H groups in total. The molecule has 0 amide bonds. The van der Waals surface area contributed by atoms with Crippen LogP contribution in [0.3, 0.4) is 0 Å². The van der Waals surface area contributed by atoms with Crippen molar-refractivity contribution >= 4 is 22.1 Å². The molecule has 0 spiro atoms. The minimum absolute atomic E-state index is 0.140. The van der Waals surface area contributed by atoms with Gasteiger partial charge in [0.15, 0.2) is 0 Å². The van der Waals surface area contributed by atoms with Gasteiger partial charge in [-0.3, -0.25) is 0 Å². The van der Waals surface area contributed by atoms with Crippen molar-refractivity contribution in [3.8, 4) is 5.75 Å². The lowest BCUT2D eigenvalue weighted by atomic mass is 10.1. The van der Waals surface area contributed by atoms with Crippen LogP contribution < -0.4 is 0 Å². The first-order valence-corrected chi connectivity index (χ1v) is 6.44. The van der Waals surface area contributed by atoms with Crippen molar-refractivity contribution in [1.82, 2.24) is 0 Å². The number of phenolic OH excluding ortho intramolecular Hbond substituents is 1. The van der Waals surface area contributed by atoms with Gasteiger partial charge in [0, 0.05) is 5.39 Å². The average molecular weight is 262 g/mol. The predicted octanol–water partition coefficient (Wildman–Crippen LogP) is 5.27. The third-order valence-corrected chi connectivity index (χ3v) is 3.25. The summed E-state index contributed by atoms with van der Waals surface area (Å²) in [5, 5.41) is 20.4. The van der Waals surface area contributed by atoms with E-state index in [-0.39, 0.29) is 5.75 Å². The number of hydrogen-bond acceptors (Lipinski definition) is 3. The van der Waals surface area contributed by atoms with Gasteiger partial charge in [-0.15, -0.1) is 5.11 Å². The number of azo groups is 1. The Balaban J connectivity index is 2.11. The monoisotopic (exact) mass is 262 g/mol. The standard InChI is InChI=1S/C17H14N2O/c1-12-6-2-5-9-15(12)18-19-17-14-8-4-3-7-13(14)10-11-16(17)20/h2-11,20H,1H3/b19-18+. The van der Waals surface area contributed by atoms with Crippen molar-refractivity contribution in [2.24, 2.45) is 10.2 Å². The maximum atomic E-state index is 10.0. The van der Waals surface area contributed by atoms with Crippen LogP contribution >= 0.6 is 0 Å². The number of rotatable bonds is 2. The molecule has 3 heteroatoms. The van der Waals surface area contributed by atoms with Gasteiger partial charge < -0.3 is 5.11 Å². The van der Waals surface area contributed by atoms with Crippen molar-refractivity contribution in [2.45, 2.75) is 6.92 Å². The van der Waals surface area contributed by atoms with Crippen molar-refractivity contribution < 1.29 is 5.11 Å². The Hall–Kier alpha value is -2.68. The number of nitrogens with zero attached hydrogens (tertiary/aromatic N) is 2. The molecular weight excluding hydrogens is 248 g/mol. The van der Waals surface area contributed by atoms with Crippen LogP contribution in [0.5, 0.6) is 5.75 Å². The summed E-state index contributed by atoms with van der Waals surface area (Å²) in [4.78, 5) is 0. The molecule has 98 valence electrons. The Kier molecular flexibility index (Phi) is 3.17. The molecule has 3 nitrogen and oxygen atoms in total. The summed E-state index contributed by atoms with van der Waals surface area (Å²) in [6, 6.07) is 19.1. The van der Waals surface area contributed by atoms with Crippen LogP contribution in [0.25, 0.3) is 10.8 Å². The number of hydrogen-bond donors (Lipinski definition) is 1. The zero-order valence-corrected chi connectivity index (χ0v) is 11.1. The first kappa shape index (κ1) is 12.4. The summed E-state index contributed by atoms with van der Waals surface area (Å²) in [7, 11) is 0. The molecule has 0 aliphatic rings. The smallest absolute Gasteiger partial charge is 0.143 e. The molecule has 0 aromatic heterocycles. The van der Waals surface area contributed by atoms with Gasteiger partial charge in [0.05, 0.1) is 5.69 Å². The van der Waals surface area contributed by atoms with Gasteiger partial charge in [-0.05, 0) is 30.0 Å². The number of phenols is 1. The van der Waals surface area contributed by atoms with Gasteiger partial charge >= 0.3 is 0 Å². The number of fused-ring (bicyclic) bond motifs is 1. The molecule has 0 aliphatic heterocycles. The first-order chi connectivity index (χ1) is 9.75. The second-order valence-corrected chi connectivity index (χ2v) is 4.64. The summed E-state index contributed by atoms with van der Waals surface area (Å²) in [5.41, 5.74) is 2.36. The van der Waals surface area contributed by atoms with Crippen LogP contribution in [-0.4, -0.2) is 5.11 Å². The summed E-state index contributed by atoms with van der Waals surface area (Å²) in [5.74, 6) is 0.140. The van der Waals surface area contributed by atoms with Crippen LogP contribution in [0.4, 0.5) is 11.4 Å². The molecule has 0 bridgehead atoms. The van der Waals surface area contributed by atoms with Crippen LogP contribution in [0.15, 0.2) is 70.9 Å². The van der Waals surface area contributed by atoms with Crippen molar-refractivity contribution in [3.05, 3.63) is 66.2 Å². The van der Waals surface area contributed by atoms with E-state index in [1.807, 2.05) is 61.5 Å². The molecule has 0 unspecified atom stereocenters. The van der Waals surface area contributed by atoms with E-state index in [1.165, 1.54) is 0 Å². The SMILES string of the molecule is Cc1ccccc1/N=N/c1c(O)ccc2ccccc12. The molecule has 0 radical (unpaired) electrons. The maximum absolute atomic E-state index is 10.0. The van der Waals surface area contributed by atoms with Crippen molar-refractivity contribution in [3.63, 3.8) is 0 Å². The fourth-order valence-electron chi connectivity index (χ4n) is 2.13. The Morgan fingerprint density at radius 1 is 0.800 bits per heavy atom. The minimum atomic E-state index is 0.140. The third kappa shape index (κ3) is 2.26. The number of benzene rings is 3. The van der Waals surface area contributed by atoms with Crippen LogP contribution in [0, 0.1) is 6.92 Å². The average Bonchev–Trinajstić information content (AvgIpc) is 2.48. The fraction of sp³-hybridized carbons (Fsp3) is 0.0588. The van der Waals surface area contributed by atoms with E-state index >= 15 is 0 Å². The number of aromatic hydroxyl groups is 1. The first-order valence-electron chi connectivity index (χ1n) is 6.44. The van der Waals surface area contributed by atoms with Crippen LogP contribution in [-0.2, 0) is 0 Å². The highest BCUT2D eigenvalue weighted by atomic mass is 16.3. The van der Waals surface area contributed by atoms with Gasteiger partial charge in [0.25, 0.3) is 0 Å². The predicted molar refractivity (Wildman–Crippen MR) is 81.0 cm³/mol. The molecular formula is C17H14N2O. The zero-order valence-electron chi connectivity index (χ0n) is 11.1. The molecule has 0 aliphatic carbocycles. The molecule has 20 heavy (non-hydrogen) atoms. The van der Waals surface area contributed by atoms with E-state index in [2.05, 4.69) is 10.2 Å². The normalized spacial score (nSPS) is 11.2. The summed E-state index contributed by atoms with van der Waals surface area (Å²) in [6.45, 7) is 1.98. The number of aryl methyl sites for hydroxylation is 1. The van der Waals surface area contributed by atoms with Crippen molar-refractivity contribution in [2.75, 3.05) is 0 Å². The maximum Gasteiger partial charge on any atom is 0.143 e. The summed E-state index contributed by atoms with van der Waals surface area (Å²) in [6.07, 6.45) is 0. The molecule has 3 rings (SSSR count). The van der Waals surface area contributed by atoms with Gasteiger partial charge in [-0.2, -0.15) is 5.11 Å². The fourth-order valence-corrected chi connectivity index (χ4v) is 2.13. The molecule has 0 saturated heterocycles. The lowest BCUT2D eigenvalue weighted by molar-refractivity contribution is 0.477. The highest BCUT2D eigenvalue weighted by molar-refractivity contribution is 5.95. The molecule has 3 aromatic rings. The van der Waals surface area contributed by atoms with Crippen LogP contribution in [0.2, 0.25) is 0 Å². The third-order valence-electron chi connectivity index (χ3n) is 3.25. The Morgan fingerprint density at radius 3 is 2.40 bits per heavy atom. The zero-order chi connectivity index (χ0) is 13.9. The van der Waals surface area contributed by atoms with Gasteiger partial charge in [-0.1, -0.05) is 48.5 Å². The quantitative estimate of drug-likeness (QED) is 0.628. The Morgan fingerprint density at radius 2 is 1.55 bits per heavy atom. The van der Waals surface area contributed by atoms with Crippen molar-refractivity contribution in [1.29, 1.82) is 0 Å². The lowest BCUT2D eigenvalue weighted by Crippen LogP contribution is -1.75. The van der Waals surface area contributed by atoms with Gasteiger partial charge in [0.2, 0.25) is 0 Å². The highest BCUT2D eigenvalue weighted by Gasteiger charge is 2.05. The molecule has 3 aromatic carbocycles. The Bertz CT molecular complexity index is 794. The van der Waals surface area contributed by atoms with E-state index in [9.17, 15) is 5.11 Å². The molecule has 0 heterocycles. The van der Waals surface area contributed by atoms with E-state index in [0.29, 0.717) is 5.69 Å². The second-order valence-electron chi connectivity index (χ2n) is 4.64. The molecule has 0 saturated carbocycles. The molecule has 0 fully saturated rings. The van der Waals surface area contributed by atoms with Gasteiger partial charge in [-0.25, -0.2) is 0 Å². The highest BCUT2D eigenvalue weighted by Crippen LogP contribution is 2.36. The molecule has 0 atom stereocenters. The largest absolute Gasteiger partial charge is 0.506 e. The van der Waals surface area contributed by atoms with Crippen LogP contribution in [0.1, 0.15) is 5.56 Å². The lowest BCUT2D eigenvalue weighted by Gasteiger charge is -2.04. The van der Waals surface area contributed by atoms with E-state index in [0.717, 1.165) is 22.0 Å². The second kappa shape index (κ2) is 5.13. The van der Waals surface area contributed by atoms with E-state index in [4.69, 9.17) is 0 Å². The topological polar surface area (TPSA) is 45.0 Å². The van der Waals surface area contributed by atoms with E-state index < -0.39 is 0 Å². The summed E-state index contributed by atoms with van der Waals surface area (Å²) < 4.78 is 0. The van der Waals surface area contributed by atoms with Gasteiger partial charge in [0.1, 0.15) is 11.4 Å². The van der Waals surface area contributed by atoms with E-state index in [1.54, 1.807) is 6.07 Å². The summed E-state index contributed by atoms with van der Waals surface area (Å²) >= 11 is 0. The Labute approximate surface area is 117 Å². The minimum Gasteiger partial charge on any atom is -0.506 e.